The molecule has 1 saturated heterocycles. The first-order chi connectivity index (χ1) is 6.90. The maximum absolute atomic E-state index is 8.74. The van der Waals surface area contributed by atoms with Crippen LogP contribution in [0, 0.1) is 0 Å². The minimum Gasteiger partial charge on any atom is -0.445 e. The van der Waals surface area contributed by atoms with E-state index < -0.39 is 0 Å². The summed E-state index contributed by atoms with van der Waals surface area (Å²) >= 11 is 2.01. The van der Waals surface area contributed by atoms with Crippen LogP contribution in [0.3, 0.4) is 0 Å². The van der Waals surface area contributed by atoms with Gasteiger partial charge in [-0.25, -0.2) is 4.98 Å². The quantitative estimate of drug-likeness (QED) is 0.832. The van der Waals surface area contributed by atoms with Gasteiger partial charge in [0.1, 0.15) is 5.76 Å². The summed E-state index contributed by atoms with van der Waals surface area (Å²) in [5.41, 5.74) is 0. The van der Waals surface area contributed by atoms with Crippen molar-refractivity contribution < 1.29 is 9.52 Å². The second kappa shape index (κ2) is 4.84. The summed E-state index contributed by atoms with van der Waals surface area (Å²) in [4.78, 5) is 4.15. The van der Waals surface area contributed by atoms with Crippen LogP contribution in [-0.2, 0) is 6.42 Å². The highest BCUT2D eigenvalue weighted by atomic mass is 32.2. The third-order valence-corrected chi connectivity index (χ3v) is 3.57. The molecule has 0 amide bonds. The van der Waals surface area contributed by atoms with Crippen LogP contribution < -0.4 is 0 Å². The summed E-state index contributed by atoms with van der Waals surface area (Å²) in [6, 6.07) is 0. The summed E-state index contributed by atoms with van der Waals surface area (Å²) < 4.78 is 5.58. The van der Waals surface area contributed by atoms with Crippen LogP contribution >= 0.6 is 11.8 Å². The minimum atomic E-state index is 0.112. The summed E-state index contributed by atoms with van der Waals surface area (Å²) in [7, 11) is 0. The van der Waals surface area contributed by atoms with Gasteiger partial charge in [-0.05, 0) is 24.3 Å². The number of thioether (sulfide) groups is 1. The Morgan fingerprint density at radius 1 is 1.50 bits per heavy atom. The molecule has 0 radical (unpaired) electrons. The minimum absolute atomic E-state index is 0.112. The molecule has 1 aromatic rings. The van der Waals surface area contributed by atoms with Crippen molar-refractivity contribution >= 4 is 11.8 Å². The smallest absolute Gasteiger partial charge is 0.196 e. The zero-order chi connectivity index (χ0) is 9.80. The molecule has 0 unspecified atom stereocenters. The Hall–Kier alpha value is -0.480. The van der Waals surface area contributed by atoms with Gasteiger partial charge in [-0.1, -0.05) is 0 Å². The highest BCUT2D eigenvalue weighted by Crippen LogP contribution is 2.31. The Kier molecular flexibility index (Phi) is 3.48. The topological polar surface area (TPSA) is 46.3 Å². The summed E-state index contributed by atoms with van der Waals surface area (Å²) in [5, 5.41) is 8.74. The third-order valence-electron chi connectivity index (χ3n) is 2.52. The monoisotopic (exact) mass is 213 g/mol. The van der Waals surface area contributed by atoms with Crippen molar-refractivity contribution in [2.24, 2.45) is 0 Å². The molecule has 0 aromatic carbocycles. The first-order valence-electron chi connectivity index (χ1n) is 5.03. The molecule has 0 atom stereocenters. The van der Waals surface area contributed by atoms with Crippen molar-refractivity contribution in [3.63, 3.8) is 0 Å². The number of aliphatic hydroxyl groups is 1. The van der Waals surface area contributed by atoms with Gasteiger partial charge in [-0.3, -0.25) is 0 Å². The Morgan fingerprint density at radius 2 is 2.29 bits per heavy atom. The maximum Gasteiger partial charge on any atom is 0.196 e. The van der Waals surface area contributed by atoms with Crippen LogP contribution in [0.15, 0.2) is 10.6 Å². The molecular weight excluding hydrogens is 198 g/mol. The molecule has 1 aliphatic heterocycles. The average molecular weight is 213 g/mol. The van der Waals surface area contributed by atoms with E-state index in [1.165, 1.54) is 24.3 Å². The van der Waals surface area contributed by atoms with E-state index in [1.807, 2.05) is 18.0 Å². The van der Waals surface area contributed by atoms with Gasteiger partial charge >= 0.3 is 0 Å². The molecule has 2 heterocycles. The van der Waals surface area contributed by atoms with E-state index in [0.717, 1.165) is 5.76 Å². The second-order valence-electron chi connectivity index (χ2n) is 3.52. The number of aliphatic hydroxyl groups excluding tert-OH is 1. The van der Waals surface area contributed by atoms with Crippen molar-refractivity contribution in [1.82, 2.24) is 4.98 Å². The van der Waals surface area contributed by atoms with Crippen LogP contribution in [0.5, 0.6) is 0 Å². The lowest BCUT2D eigenvalue weighted by molar-refractivity contribution is 0.281. The standard InChI is InChI=1S/C10H15NO2S/c12-4-1-10-11-7-9(13-10)8-2-5-14-6-3-8/h7-8,12H,1-6H2. The van der Waals surface area contributed by atoms with Gasteiger partial charge in [-0.15, -0.1) is 0 Å². The molecule has 0 spiro atoms. The number of rotatable bonds is 3. The Balaban J connectivity index is 2.00. The van der Waals surface area contributed by atoms with Crippen LogP contribution in [0.1, 0.15) is 30.4 Å². The number of hydrogen-bond donors (Lipinski definition) is 1. The van der Waals surface area contributed by atoms with Gasteiger partial charge in [0.15, 0.2) is 5.89 Å². The normalized spacial score (nSPS) is 18.6. The van der Waals surface area contributed by atoms with Crippen LogP contribution in [0.4, 0.5) is 0 Å². The van der Waals surface area contributed by atoms with Crippen molar-refractivity contribution in [3.8, 4) is 0 Å². The summed E-state index contributed by atoms with van der Waals surface area (Å²) in [5.74, 6) is 4.67. The Labute approximate surface area is 87.9 Å². The number of nitrogens with zero attached hydrogens (tertiary/aromatic N) is 1. The molecular formula is C10H15NO2S. The van der Waals surface area contributed by atoms with E-state index in [2.05, 4.69) is 4.98 Å². The van der Waals surface area contributed by atoms with Crippen LogP contribution in [0.2, 0.25) is 0 Å². The van der Waals surface area contributed by atoms with Crippen LogP contribution in [-0.4, -0.2) is 28.2 Å². The third kappa shape index (κ3) is 2.30. The SMILES string of the molecule is OCCc1ncc(C2CCSCC2)o1. The van der Waals surface area contributed by atoms with E-state index >= 15 is 0 Å². The number of aromatic nitrogens is 1. The molecule has 78 valence electrons. The number of hydrogen-bond acceptors (Lipinski definition) is 4. The largest absolute Gasteiger partial charge is 0.445 e. The highest BCUT2D eigenvalue weighted by Gasteiger charge is 2.19. The van der Waals surface area contributed by atoms with Gasteiger partial charge in [0.25, 0.3) is 0 Å². The molecule has 1 aromatic heterocycles. The molecule has 4 heteroatoms. The van der Waals surface area contributed by atoms with Gasteiger partial charge in [-0.2, -0.15) is 11.8 Å². The fraction of sp³-hybridized carbons (Fsp3) is 0.700. The predicted molar refractivity (Wildman–Crippen MR) is 56.6 cm³/mol. The molecule has 14 heavy (non-hydrogen) atoms. The van der Waals surface area contributed by atoms with Gasteiger partial charge in [0.05, 0.1) is 12.8 Å². The van der Waals surface area contributed by atoms with Gasteiger partial charge in [0.2, 0.25) is 0 Å². The second-order valence-corrected chi connectivity index (χ2v) is 4.74. The molecule has 3 nitrogen and oxygen atoms in total. The predicted octanol–water partition coefficient (Wildman–Crippen LogP) is 1.82. The first-order valence-corrected chi connectivity index (χ1v) is 6.19. The molecule has 1 fully saturated rings. The van der Waals surface area contributed by atoms with E-state index in [-0.39, 0.29) is 6.61 Å². The van der Waals surface area contributed by atoms with Crippen molar-refractivity contribution in [1.29, 1.82) is 0 Å². The fourth-order valence-electron chi connectivity index (χ4n) is 1.71. The molecule has 0 saturated carbocycles. The number of oxazole rings is 1. The average Bonchev–Trinajstić information content (AvgIpc) is 2.68. The van der Waals surface area contributed by atoms with Crippen molar-refractivity contribution in [2.75, 3.05) is 18.1 Å². The lowest BCUT2D eigenvalue weighted by Crippen LogP contribution is -2.06. The van der Waals surface area contributed by atoms with E-state index in [4.69, 9.17) is 9.52 Å². The molecule has 1 aliphatic rings. The van der Waals surface area contributed by atoms with E-state index in [0.29, 0.717) is 18.2 Å². The molecule has 0 aliphatic carbocycles. The van der Waals surface area contributed by atoms with Crippen molar-refractivity contribution in [3.05, 3.63) is 17.8 Å². The van der Waals surface area contributed by atoms with Gasteiger partial charge in [0, 0.05) is 12.3 Å². The lowest BCUT2D eigenvalue weighted by atomic mass is 10.0. The van der Waals surface area contributed by atoms with E-state index in [9.17, 15) is 0 Å². The highest BCUT2D eigenvalue weighted by molar-refractivity contribution is 7.99. The Morgan fingerprint density at radius 3 is 3.00 bits per heavy atom. The fourth-order valence-corrected chi connectivity index (χ4v) is 2.81. The molecule has 0 bridgehead atoms. The zero-order valence-electron chi connectivity index (χ0n) is 8.11. The molecule has 2 rings (SSSR count). The van der Waals surface area contributed by atoms with Crippen LogP contribution in [0.25, 0.3) is 0 Å². The Bertz CT molecular complexity index is 281. The molecule has 1 N–H and O–H groups in total. The van der Waals surface area contributed by atoms with Gasteiger partial charge < -0.3 is 9.52 Å². The summed E-state index contributed by atoms with van der Waals surface area (Å²) in [6.45, 7) is 0.112. The van der Waals surface area contributed by atoms with Crippen molar-refractivity contribution in [2.45, 2.75) is 25.2 Å². The summed E-state index contributed by atoms with van der Waals surface area (Å²) in [6.07, 6.45) is 4.74. The zero-order valence-corrected chi connectivity index (χ0v) is 8.92. The maximum atomic E-state index is 8.74. The first kappa shape index (κ1) is 10.1. The van der Waals surface area contributed by atoms with E-state index in [1.54, 1.807) is 0 Å². The lowest BCUT2D eigenvalue weighted by Gasteiger charge is -2.18.